The van der Waals surface area contributed by atoms with Crippen LogP contribution in [0.4, 0.5) is 0 Å². The standard InChI is InChI=1S/C12H15Cl2NO2/c1-7(2)12-16-6-9-8(3-13)5-15-10(4-14)11(9)17-12/h5,7,12H,3-4,6H2,1-2H3. The molecule has 1 unspecified atom stereocenters. The van der Waals surface area contributed by atoms with Crippen molar-refractivity contribution < 1.29 is 9.47 Å². The average Bonchev–Trinajstić information content (AvgIpc) is 2.36. The molecule has 17 heavy (non-hydrogen) atoms. The van der Waals surface area contributed by atoms with Crippen LogP contribution in [0, 0.1) is 5.92 Å². The third-order valence-corrected chi connectivity index (χ3v) is 3.28. The summed E-state index contributed by atoms with van der Waals surface area (Å²) in [6.07, 6.45) is 1.50. The lowest BCUT2D eigenvalue weighted by molar-refractivity contribution is -0.133. The highest BCUT2D eigenvalue weighted by Gasteiger charge is 2.27. The number of alkyl halides is 2. The summed E-state index contributed by atoms with van der Waals surface area (Å²) in [5, 5.41) is 0. The number of halogens is 2. The molecule has 0 spiro atoms. The molecule has 2 heterocycles. The second-order valence-corrected chi connectivity index (χ2v) is 4.88. The normalized spacial score (nSPS) is 19.0. The van der Waals surface area contributed by atoms with Gasteiger partial charge in [0.1, 0.15) is 0 Å². The van der Waals surface area contributed by atoms with Crippen LogP contribution in [0.15, 0.2) is 6.20 Å². The van der Waals surface area contributed by atoms with Gasteiger partial charge in [0, 0.05) is 23.6 Å². The Kier molecular flexibility index (Phi) is 4.13. The summed E-state index contributed by atoms with van der Waals surface area (Å²) in [5.74, 6) is 1.77. The van der Waals surface area contributed by atoms with Crippen molar-refractivity contribution in [2.24, 2.45) is 5.92 Å². The zero-order chi connectivity index (χ0) is 12.4. The first-order valence-corrected chi connectivity index (χ1v) is 6.64. The Morgan fingerprint density at radius 2 is 2.18 bits per heavy atom. The summed E-state index contributed by atoms with van der Waals surface area (Å²) in [6, 6.07) is 0. The minimum Gasteiger partial charge on any atom is -0.462 e. The van der Waals surface area contributed by atoms with E-state index in [1.165, 1.54) is 0 Å². The minimum absolute atomic E-state index is 0.239. The van der Waals surface area contributed by atoms with Crippen LogP contribution >= 0.6 is 23.2 Å². The monoisotopic (exact) mass is 275 g/mol. The maximum Gasteiger partial charge on any atom is 0.202 e. The van der Waals surface area contributed by atoms with Crippen molar-refractivity contribution in [1.82, 2.24) is 4.98 Å². The maximum absolute atomic E-state index is 5.87. The number of hydrogen-bond acceptors (Lipinski definition) is 3. The van der Waals surface area contributed by atoms with Crippen LogP contribution in [0.25, 0.3) is 0 Å². The van der Waals surface area contributed by atoms with Crippen molar-refractivity contribution >= 4 is 23.2 Å². The predicted octanol–water partition coefficient (Wildman–Crippen LogP) is 3.45. The van der Waals surface area contributed by atoms with Gasteiger partial charge in [-0.15, -0.1) is 23.2 Å². The number of hydrogen-bond donors (Lipinski definition) is 0. The number of rotatable bonds is 3. The van der Waals surface area contributed by atoms with Crippen molar-refractivity contribution in [2.45, 2.75) is 38.5 Å². The Morgan fingerprint density at radius 1 is 1.41 bits per heavy atom. The van der Waals surface area contributed by atoms with Gasteiger partial charge in [0.2, 0.25) is 6.29 Å². The van der Waals surface area contributed by atoms with Crippen LogP contribution in [0.1, 0.15) is 30.7 Å². The average molecular weight is 276 g/mol. The van der Waals surface area contributed by atoms with Crippen LogP contribution in [-0.4, -0.2) is 11.3 Å². The number of fused-ring (bicyclic) bond motifs is 1. The van der Waals surface area contributed by atoms with Gasteiger partial charge in [0.25, 0.3) is 0 Å². The van der Waals surface area contributed by atoms with Crippen LogP contribution in [0.3, 0.4) is 0 Å². The smallest absolute Gasteiger partial charge is 0.202 e. The Hall–Kier alpha value is -0.510. The highest BCUT2D eigenvalue weighted by molar-refractivity contribution is 6.17. The Labute approximate surface area is 111 Å². The summed E-state index contributed by atoms with van der Waals surface area (Å²) < 4.78 is 11.5. The van der Waals surface area contributed by atoms with E-state index >= 15 is 0 Å². The highest BCUT2D eigenvalue weighted by atomic mass is 35.5. The van der Waals surface area contributed by atoms with Crippen LogP contribution in [0.2, 0.25) is 0 Å². The predicted molar refractivity (Wildman–Crippen MR) is 67.4 cm³/mol. The van der Waals surface area contributed by atoms with E-state index < -0.39 is 0 Å². The van der Waals surface area contributed by atoms with E-state index in [4.69, 9.17) is 32.7 Å². The molecule has 0 N–H and O–H groups in total. The van der Waals surface area contributed by atoms with Crippen molar-refractivity contribution in [2.75, 3.05) is 0 Å². The summed E-state index contributed by atoms with van der Waals surface area (Å²) >= 11 is 11.7. The minimum atomic E-state index is -0.239. The third kappa shape index (κ3) is 2.51. The maximum atomic E-state index is 5.87. The quantitative estimate of drug-likeness (QED) is 0.792. The number of nitrogens with zero attached hydrogens (tertiary/aromatic N) is 1. The lowest BCUT2D eigenvalue weighted by atomic mass is 10.1. The van der Waals surface area contributed by atoms with E-state index in [0.29, 0.717) is 18.4 Å². The molecule has 1 aromatic rings. The first-order valence-electron chi connectivity index (χ1n) is 5.57. The third-order valence-electron chi connectivity index (χ3n) is 2.74. The lowest BCUT2D eigenvalue weighted by Crippen LogP contribution is -2.31. The van der Waals surface area contributed by atoms with Gasteiger partial charge >= 0.3 is 0 Å². The Bertz CT molecular complexity index is 410. The second-order valence-electron chi connectivity index (χ2n) is 4.35. The lowest BCUT2D eigenvalue weighted by Gasteiger charge is -2.30. The molecule has 0 saturated carbocycles. The fraction of sp³-hybridized carbons (Fsp3) is 0.583. The molecule has 0 bridgehead atoms. The van der Waals surface area contributed by atoms with E-state index in [-0.39, 0.29) is 12.2 Å². The highest BCUT2D eigenvalue weighted by Crippen LogP contribution is 2.34. The molecule has 94 valence electrons. The molecule has 0 saturated heterocycles. The summed E-state index contributed by atoms with van der Waals surface area (Å²) in [5.41, 5.74) is 2.67. The summed E-state index contributed by atoms with van der Waals surface area (Å²) in [7, 11) is 0. The van der Waals surface area contributed by atoms with Gasteiger partial charge < -0.3 is 9.47 Å². The SMILES string of the molecule is CC(C)C1OCc2c(CCl)cnc(CCl)c2O1. The largest absolute Gasteiger partial charge is 0.462 e. The molecule has 1 aliphatic heterocycles. The molecule has 0 aromatic carbocycles. The molecule has 3 nitrogen and oxygen atoms in total. The van der Waals surface area contributed by atoms with Gasteiger partial charge in [0.15, 0.2) is 5.75 Å². The number of pyridine rings is 1. The zero-order valence-electron chi connectivity index (χ0n) is 9.87. The second kappa shape index (κ2) is 5.42. The first-order chi connectivity index (χ1) is 8.17. The molecule has 0 fully saturated rings. The molecule has 0 aliphatic carbocycles. The fourth-order valence-electron chi connectivity index (χ4n) is 1.76. The Morgan fingerprint density at radius 3 is 2.76 bits per heavy atom. The molecule has 2 rings (SSSR count). The summed E-state index contributed by atoms with van der Waals surface area (Å²) in [4.78, 5) is 4.28. The van der Waals surface area contributed by atoms with Crippen molar-refractivity contribution in [3.63, 3.8) is 0 Å². The number of ether oxygens (including phenoxy) is 2. The first kappa shape index (κ1) is 12.9. The molecule has 1 aliphatic rings. The van der Waals surface area contributed by atoms with E-state index in [9.17, 15) is 0 Å². The Balaban J connectivity index is 2.40. The van der Waals surface area contributed by atoms with Crippen molar-refractivity contribution in [3.05, 3.63) is 23.0 Å². The van der Waals surface area contributed by atoms with Gasteiger partial charge in [-0.1, -0.05) is 13.8 Å². The molecule has 0 radical (unpaired) electrons. The van der Waals surface area contributed by atoms with Crippen LogP contribution in [-0.2, 0) is 23.1 Å². The fourth-order valence-corrected chi connectivity index (χ4v) is 2.18. The van der Waals surface area contributed by atoms with Crippen LogP contribution < -0.4 is 4.74 Å². The zero-order valence-corrected chi connectivity index (χ0v) is 11.4. The summed E-state index contributed by atoms with van der Waals surface area (Å²) in [6.45, 7) is 4.61. The van der Waals surface area contributed by atoms with Crippen LogP contribution in [0.5, 0.6) is 5.75 Å². The van der Waals surface area contributed by atoms with E-state index in [2.05, 4.69) is 18.8 Å². The van der Waals surface area contributed by atoms with Gasteiger partial charge in [-0.05, 0) is 5.56 Å². The number of aromatic nitrogens is 1. The molecule has 1 aromatic heterocycles. The molecular formula is C12H15Cl2NO2. The molecule has 1 atom stereocenters. The molecular weight excluding hydrogens is 261 g/mol. The molecule has 5 heteroatoms. The van der Waals surface area contributed by atoms with Gasteiger partial charge in [-0.3, -0.25) is 4.98 Å². The van der Waals surface area contributed by atoms with Crippen molar-refractivity contribution in [1.29, 1.82) is 0 Å². The van der Waals surface area contributed by atoms with E-state index in [1.807, 2.05) is 0 Å². The van der Waals surface area contributed by atoms with Gasteiger partial charge in [0.05, 0.1) is 18.2 Å². The van der Waals surface area contributed by atoms with Crippen molar-refractivity contribution in [3.8, 4) is 5.75 Å². The molecule has 0 amide bonds. The van der Waals surface area contributed by atoms with Gasteiger partial charge in [-0.25, -0.2) is 0 Å². The van der Waals surface area contributed by atoms with E-state index in [1.54, 1.807) is 6.20 Å². The van der Waals surface area contributed by atoms with Gasteiger partial charge in [-0.2, -0.15) is 0 Å². The van der Waals surface area contributed by atoms with E-state index in [0.717, 1.165) is 22.6 Å². The topological polar surface area (TPSA) is 31.4 Å².